The second kappa shape index (κ2) is 6.57. The first-order chi connectivity index (χ1) is 11.0. The van der Waals surface area contributed by atoms with Gasteiger partial charge in [0.05, 0.1) is 11.1 Å². The Bertz CT molecular complexity index is 756. The Morgan fingerprint density at radius 1 is 1.43 bits per heavy atom. The van der Waals surface area contributed by atoms with Gasteiger partial charge in [0.1, 0.15) is 0 Å². The number of hydrogen-bond acceptors (Lipinski definition) is 3. The molecule has 4 nitrogen and oxygen atoms in total. The van der Waals surface area contributed by atoms with Gasteiger partial charge in [-0.05, 0) is 57.5 Å². The van der Waals surface area contributed by atoms with Gasteiger partial charge in [0, 0.05) is 34.1 Å². The molecule has 3 rings (SSSR count). The molecule has 23 heavy (non-hydrogen) atoms. The molecule has 1 fully saturated rings. The number of fused-ring (bicyclic) bond motifs is 1. The summed E-state index contributed by atoms with van der Waals surface area (Å²) in [5, 5.41) is 7.09. The van der Waals surface area contributed by atoms with Crippen molar-refractivity contribution in [3.8, 4) is 0 Å². The van der Waals surface area contributed by atoms with Crippen LogP contribution < -0.4 is 10.6 Å². The first kappa shape index (κ1) is 16.4. The molecule has 2 aromatic rings. The molecule has 1 aromatic carbocycles. The number of rotatable bonds is 5. The molecule has 1 aromatic heterocycles. The Balaban J connectivity index is 2.06. The van der Waals surface area contributed by atoms with Crippen LogP contribution in [0.1, 0.15) is 47.3 Å². The van der Waals surface area contributed by atoms with Gasteiger partial charge < -0.3 is 10.6 Å². The van der Waals surface area contributed by atoms with E-state index in [4.69, 9.17) is 4.98 Å². The van der Waals surface area contributed by atoms with Gasteiger partial charge >= 0.3 is 0 Å². The van der Waals surface area contributed by atoms with Gasteiger partial charge in [-0.15, -0.1) is 0 Å². The molecule has 1 heterocycles. The quantitative estimate of drug-likeness (QED) is 0.840. The van der Waals surface area contributed by atoms with Crippen molar-refractivity contribution in [2.75, 3.05) is 13.6 Å². The fourth-order valence-electron chi connectivity index (χ4n) is 2.83. The molecular formula is C18H22BrN3O. The van der Waals surface area contributed by atoms with E-state index in [-0.39, 0.29) is 11.9 Å². The number of amides is 1. The maximum atomic E-state index is 12.8. The highest BCUT2D eigenvalue weighted by Gasteiger charge is 2.29. The third-order valence-electron chi connectivity index (χ3n) is 4.48. The van der Waals surface area contributed by atoms with Gasteiger partial charge in [0.25, 0.3) is 5.91 Å². The van der Waals surface area contributed by atoms with Crippen molar-refractivity contribution in [1.82, 2.24) is 15.6 Å². The Labute approximate surface area is 145 Å². The number of aromatic nitrogens is 1. The van der Waals surface area contributed by atoms with Crippen molar-refractivity contribution < 1.29 is 4.79 Å². The van der Waals surface area contributed by atoms with Crippen molar-refractivity contribution in [2.24, 2.45) is 0 Å². The molecule has 1 saturated carbocycles. The van der Waals surface area contributed by atoms with Crippen LogP contribution in [0.5, 0.6) is 0 Å². The highest BCUT2D eigenvalue weighted by Crippen LogP contribution is 2.42. The molecule has 1 atom stereocenters. The van der Waals surface area contributed by atoms with E-state index in [9.17, 15) is 4.79 Å². The summed E-state index contributed by atoms with van der Waals surface area (Å²) in [5.74, 6) is 0.503. The third kappa shape index (κ3) is 3.40. The number of hydrogen-bond donors (Lipinski definition) is 2. The average Bonchev–Trinajstić information content (AvgIpc) is 3.36. The van der Waals surface area contributed by atoms with Crippen molar-refractivity contribution in [3.63, 3.8) is 0 Å². The summed E-state index contributed by atoms with van der Waals surface area (Å²) >= 11 is 3.50. The van der Waals surface area contributed by atoms with E-state index in [0.29, 0.717) is 12.5 Å². The number of carbonyl (C=O) groups excluding carboxylic acids is 1. The number of pyridine rings is 1. The molecule has 1 amide bonds. The maximum absolute atomic E-state index is 12.8. The van der Waals surface area contributed by atoms with Crippen LogP contribution in [0, 0.1) is 6.92 Å². The largest absolute Gasteiger partial charge is 0.350 e. The molecule has 0 spiro atoms. The van der Waals surface area contributed by atoms with E-state index in [1.54, 1.807) is 0 Å². The fourth-order valence-corrected chi connectivity index (χ4v) is 3.19. The Hall–Kier alpha value is -1.46. The summed E-state index contributed by atoms with van der Waals surface area (Å²) < 4.78 is 0.961. The van der Waals surface area contributed by atoms with Crippen LogP contribution in [-0.2, 0) is 0 Å². The van der Waals surface area contributed by atoms with E-state index in [1.807, 2.05) is 39.1 Å². The Morgan fingerprint density at radius 3 is 2.83 bits per heavy atom. The first-order valence-corrected chi connectivity index (χ1v) is 8.85. The van der Waals surface area contributed by atoms with E-state index in [0.717, 1.165) is 32.2 Å². The number of carbonyl (C=O) groups is 1. The molecule has 2 N–H and O–H groups in total. The molecule has 1 aliphatic carbocycles. The van der Waals surface area contributed by atoms with E-state index < -0.39 is 0 Å². The lowest BCUT2D eigenvalue weighted by Crippen LogP contribution is -2.37. The predicted octanol–water partition coefficient (Wildman–Crippen LogP) is 3.52. The van der Waals surface area contributed by atoms with E-state index >= 15 is 0 Å². The van der Waals surface area contributed by atoms with Gasteiger partial charge in [-0.3, -0.25) is 9.78 Å². The summed E-state index contributed by atoms with van der Waals surface area (Å²) in [7, 11) is 1.90. The van der Waals surface area contributed by atoms with Crippen LogP contribution in [0.15, 0.2) is 22.7 Å². The molecule has 0 bridgehead atoms. The third-order valence-corrected chi connectivity index (χ3v) is 4.97. The zero-order valence-corrected chi connectivity index (χ0v) is 15.3. The van der Waals surface area contributed by atoms with Gasteiger partial charge in [0.2, 0.25) is 0 Å². The molecular weight excluding hydrogens is 354 g/mol. The lowest BCUT2D eigenvalue weighted by molar-refractivity contribution is 0.0951. The van der Waals surface area contributed by atoms with E-state index in [2.05, 4.69) is 26.6 Å². The number of halogens is 1. The van der Waals surface area contributed by atoms with Crippen molar-refractivity contribution >= 4 is 32.7 Å². The van der Waals surface area contributed by atoms with Crippen LogP contribution in [0.2, 0.25) is 0 Å². The monoisotopic (exact) mass is 375 g/mol. The standard InChI is InChI=1S/C18H22BrN3O/c1-10(20-3)9-21-18(23)16-11(2)17(12-4-5-12)22-15-7-6-13(19)8-14(15)16/h6-8,10,12,20H,4-5,9H2,1-3H3,(H,21,23). The zero-order chi connectivity index (χ0) is 16.6. The lowest BCUT2D eigenvalue weighted by atomic mass is 9.98. The normalized spacial score (nSPS) is 15.7. The topological polar surface area (TPSA) is 54.0 Å². The summed E-state index contributed by atoms with van der Waals surface area (Å²) in [5.41, 5.74) is 3.77. The molecule has 1 aliphatic rings. The Morgan fingerprint density at radius 2 is 2.17 bits per heavy atom. The smallest absolute Gasteiger partial charge is 0.252 e. The highest BCUT2D eigenvalue weighted by atomic mass is 79.9. The summed E-state index contributed by atoms with van der Waals surface area (Å²) in [6.07, 6.45) is 2.35. The second-order valence-corrected chi connectivity index (χ2v) is 7.25. The van der Waals surface area contributed by atoms with Crippen LogP contribution >= 0.6 is 15.9 Å². The molecule has 0 aliphatic heterocycles. The number of nitrogens with zero attached hydrogens (tertiary/aromatic N) is 1. The summed E-state index contributed by atoms with van der Waals surface area (Å²) in [6.45, 7) is 4.67. The summed E-state index contributed by atoms with van der Waals surface area (Å²) in [4.78, 5) is 17.6. The van der Waals surface area contributed by atoms with Gasteiger partial charge in [-0.25, -0.2) is 0 Å². The SMILES string of the molecule is CNC(C)CNC(=O)c1c(C)c(C2CC2)nc2ccc(Br)cc12. The second-order valence-electron chi connectivity index (χ2n) is 6.33. The molecule has 0 radical (unpaired) electrons. The highest BCUT2D eigenvalue weighted by molar-refractivity contribution is 9.10. The number of benzene rings is 1. The molecule has 0 saturated heterocycles. The molecule has 122 valence electrons. The number of likely N-dealkylation sites (N-methyl/N-ethyl adjacent to an activating group) is 1. The van der Waals surface area contributed by atoms with Crippen LogP contribution in [0.3, 0.4) is 0 Å². The fraction of sp³-hybridized carbons (Fsp3) is 0.444. The van der Waals surface area contributed by atoms with Crippen molar-refractivity contribution in [2.45, 2.75) is 38.6 Å². The minimum atomic E-state index is -0.0167. The van der Waals surface area contributed by atoms with Gasteiger partial charge in [-0.2, -0.15) is 0 Å². The molecule has 5 heteroatoms. The van der Waals surface area contributed by atoms with Gasteiger partial charge in [-0.1, -0.05) is 15.9 Å². The summed E-state index contributed by atoms with van der Waals surface area (Å²) in [6, 6.07) is 6.19. The maximum Gasteiger partial charge on any atom is 0.252 e. The molecule has 1 unspecified atom stereocenters. The van der Waals surface area contributed by atoms with Crippen LogP contribution in [0.25, 0.3) is 10.9 Å². The Kier molecular flexibility index (Phi) is 4.69. The minimum absolute atomic E-state index is 0.0167. The lowest BCUT2D eigenvalue weighted by Gasteiger charge is -2.16. The van der Waals surface area contributed by atoms with Crippen LogP contribution in [0.4, 0.5) is 0 Å². The number of nitrogens with one attached hydrogen (secondary N) is 2. The average molecular weight is 376 g/mol. The van der Waals surface area contributed by atoms with Crippen LogP contribution in [-0.4, -0.2) is 30.5 Å². The predicted molar refractivity (Wildman–Crippen MR) is 97.0 cm³/mol. The zero-order valence-electron chi connectivity index (χ0n) is 13.7. The van der Waals surface area contributed by atoms with Gasteiger partial charge in [0.15, 0.2) is 0 Å². The van der Waals surface area contributed by atoms with Crippen molar-refractivity contribution in [3.05, 3.63) is 39.5 Å². The first-order valence-electron chi connectivity index (χ1n) is 8.06. The minimum Gasteiger partial charge on any atom is -0.350 e. The van der Waals surface area contributed by atoms with Crippen molar-refractivity contribution in [1.29, 1.82) is 0 Å². The van der Waals surface area contributed by atoms with E-state index in [1.165, 1.54) is 12.8 Å².